The van der Waals surface area contributed by atoms with Gasteiger partial charge in [-0.25, -0.2) is 9.37 Å². The topological polar surface area (TPSA) is 89.4 Å². The van der Waals surface area contributed by atoms with Crippen molar-refractivity contribution >= 4 is 11.8 Å². The fourth-order valence-corrected chi connectivity index (χ4v) is 4.47. The van der Waals surface area contributed by atoms with Gasteiger partial charge in [-0.1, -0.05) is 13.0 Å². The third kappa shape index (κ3) is 6.84. The maximum absolute atomic E-state index is 13.7. The van der Waals surface area contributed by atoms with Gasteiger partial charge in [0.25, 0.3) is 0 Å². The maximum atomic E-state index is 13.7. The summed E-state index contributed by atoms with van der Waals surface area (Å²) in [6.07, 6.45) is 6.32. The molecular weight excluding hydrogens is 433 g/mol. The first-order chi connectivity index (χ1) is 16.5. The van der Waals surface area contributed by atoms with E-state index in [-0.39, 0.29) is 18.7 Å². The molecule has 0 amide bonds. The summed E-state index contributed by atoms with van der Waals surface area (Å²) >= 11 is 0. The lowest BCUT2D eigenvalue weighted by Crippen LogP contribution is -2.43. The Morgan fingerprint density at radius 3 is 2.53 bits per heavy atom. The SMILES string of the molecule is CC[C@H](F)CNc1ncc(-c2ccc(CN3CCN(C)CC3)cn2)c(N[C@H]2CC[C@H](O)CC2)n1. The lowest BCUT2D eigenvalue weighted by Gasteiger charge is -2.32. The molecule has 1 saturated carbocycles. The van der Waals surface area contributed by atoms with Gasteiger partial charge in [-0.2, -0.15) is 4.98 Å². The Hall–Kier alpha value is -2.36. The number of piperazine rings is 1. The highest BCUT2D eigenvalue weighted by Crippen LogP contribution is 2.29. The third-order valence-corrected chi connectivity index (χ3v) is 6.85. The molecule has 0 spiro atoms. The summed E-state index contributed by atoms with van der Waals surface area (Å²) in [7, 11) is 2.16. The average Bonchev–Trinajstić information content (AvgIpc) is 2.86. The molecule has 2 fully saturated rings. The zero-order valence-corrected chi connectivity index (χ0v) is 20.4. The minimum Gasteiger partial charge on any atom is -0.393 e. The molecule has 0 unspecified atom stereocenters. The first-order valence-electron chi connectivity index (χ1n) is 12.6. The summed E-state index contributed by atoms with van der Waals surface area (Å²) < 4.78 is 13.7. The van der Waals surface area contributed by atoms with E-state index in [1.165, 1.54) is 5.56 Å². The molecule has 34 heavy (non-hydrogen) atoms. The highest BCUT2D eigenvalue weighted by molar-refractivity contribution is 5.73. The number of hydrogen-bond acceptors (Lipinski definition) is 8. The predicted octanol–water partition coefficient (Wildman–Crippen LogP) is 3.16. The zero-order valence-electron chi connectivity index (χ0n) is 20.4. The standard InChI is InChI=1S/C25H38FN7O/c1-3-19(26)15-28-25-29-16-22(24(31-25)30-20-5-7-21(34)8-6-20)23-9-4-18(14-27-23)17-33-12-10-32(2)11-13-33/h4,9,14,16,19-21,34H,3,5-8,10-13,15,17H2,1-2H3,(H2,28,29,30,31)/t19-,20-,21-/m0/s1. The van der Waals surface area contributed by atoms with Crippen LogP contribution in [-0.2, 0) is 6.54 Å². The second-order valence-electron chi connectivity index (χ2n) is 9.62. The first kappa shape index (κ1) is 24.8. The molecule has 3 heterocycles. The summed E-state index contributed by atoms with van der Waals surface area (Å²) in [4.78, 5) is 18.7. The van der Waals surface area contributed by atoms with Crippen LogP contribution in [0.1, 0.15) is 44.6 Å². The maximum Gasteiger partial charge on any atom is 0.224 e. The fourth-order valence-electron chi connectivity index (χ4n) is 4.47. The van der Waals surface area contributed by atoms with Gasteiger partial charge in [-0.05, 0) is 50.8 Å². The van der Waals surface area contributed by atoms with Crippen molar-refractivity contribution in [2.45, 2.75) is 63.9 Å². The highest BCUT2D eigenvalue weighted by Gasteiger charge is 2.22. The second kappa shape index (κ2) is 11.9. The number of anilines is 2. The number of hydrogen-bond donors (Lipinski definition) is 3. The van der Waals surface area contributed by atoms with Crippen LogP contribution in [0.5, 0.6) is 0 Å². The monoisotopic (exact) mass is 471 g/mol. The van der Waals surface area contributed by atoms with Crippen LogP contribution in [0.15, 0.2) is 24.5 Å². The highest BCUT2D eigenvalue weighted by atomic mass is 19.1. The summed E-state index contributed by atoms with van der Waals surface area (Å²) in [5.74, 6) is 1.11. The average molecular weight is 472 g/mol. The van der Waals surface area contributed by atoms with Gasteiger partial charge in [-0.15, -0.1) is 0 Å². The second-order valence-corrected chi connectivity index (χ2v) is 9.62. The Kier molecular flexibility index (Phi) is 8.64. The lowest BCUT2D eigenvalue weighted by molar-refractivity contribution is 0.126. The van der Waals surface area contributed by atoms with Gasteiger partial charge in [-0.3, -0.25) is 9.88 Å². The van der Waals surface area contributed by atoms with E-state index in [4.69, 9.17) is 4.98 Å². The number of nitrogens with one attached hydrogen (secondary N) is 2. The molecule has 0 radical (unpaired) electrons. The number of likely N-dealkylation sites (N-methyl/N-ethyl adjacent to an activating group) is 1. The number of aliphatic hydroxyl groups excluding tert-OH is 1. The van der Waals surface area contributed by atoms with E-state index in [1.807, 2.05) is 19.2 Å². The molecule has 8 nitrogen and oxygen atoms in total. The van der Waals surface area contributed by atoms with Crippen molar-refractivity contribution in [3.05, 3.63) is 30.1 Å². The molecule has 1 atom stereocenters. The number of rotatable bonds is 9. The summed E-state index contributed by atoms with van der Waals surface area (Å²) in [6.45, 7) is 7.24. The van der Waals surface area contributed by atoms with E-state index in [0.717, 1.165) is 69.7 Å². The Morgan fingerprint density at radius 1 is 1.09 bits per heavy atom. The van der Waals surface area contributed by atoms with Crippen LogP contribution < -0.4 is 10.6 Å². The molecule has 1 aliphatic heterocycles. The smallest absolute Gasteiger partial charge is 0.224 e. The van der Waals surface area contributed by atoms with Crippen molar-refractivity contribution in [1.29, 1.82) is 0 Å². The van der Waals surface area contributed by atoms with E-state index < -0.39 is 6.17 Å². The van der Waals surface area contributed by atoms with Gasteiger partial charge in [0.05, 0.1) is 17.4 Å². The molecule has 1 aliphatic carbocycles. The van der Waals surface area contributed by atoms with Crippen LogP contribution in [0.2, 0.25) is 0 Å². The number of alkyl halides is 1. The molecule has 1 saturated heterocycles. The molecular formula is C25H38FN7O. The van der Waals surface area contributed by atoms with Gasteiger partial charge in [0.1, 0.15) is 12.0 Å². The van der Waals surface area contributed by atoms with Gasteiger partial charge < -0.3 is 20.6 Å². The normalized spacial score (nSPS) is 22.9. The van der Waals surface area contributed by atoms with Gasteiger partial charge >= 0.3 is 0 Å². The van der Waals surface area contributed by atoms with Crippen molar-refractivity contribution in [3.8, 4) is 11.3 Å². The quantitative estimate of drug-likeness (QED) is 0.514. The van der Waals surface area contributed by atoms with Crippen molar-refractivity contribution in [3.63, 3.8) is 0 Å². The minimum absolute atomic E-state index is 0.185. The van der Waals surface area contributed by atoms with Crippen molar-refractivity contribution in [2.24, 2.45) is 0 Å². The van der Waals surface area contributed by atoms with E-state index in [0.29, 0.717) is 18.2 Å². The molecule has 186 valence electrons. The number of nitrogens with zero attached hydrogens (tertiary/aromatic N) is 5. The Balaban J connectivity index is 1.49. The van der Waals surface area contributed by atoms with Gasteiger partial charge in [0.15, 0.2) is 0 Å². The largest absolute Gasteiger partial charge is 0.393 e. The zero-order chi connectivity index (χ0) is 23.9. The fraction of sp³-hybridized carbons (Fsp3) is 0.640. The van der Waals surface area contributed by atoms with Crippen LogP contribution in [-0.4, -0.2) is 87.9 Å². The van der Waals surface area contributed by atoms with E-state index in [1.54, 1.807) is 6.20 Å². The summed E-state index contributed by atoms with van der Waals surface area (Å²) in [6, 6.07) is 4.38. The Morgan fingerprint density at radius 2 is 1.85 bits per heavy atom. The molecule has 3 N–H and O–H groups in total. The third-order valence-electron chi connectivity index (χ3n) is 6.85. The van der Waals surface area contributed by atoms with Crippen LogP contribution in [0.3, 0.4) is 0 Å². The van der Waals surface area contributed by atoms with Crippen LogP contribution in [0, 0.1) is 0 Å². The number of aliphatic hydroxyl groups is 1. The van der Waals surface area contributed by atoms with Crippen LogP contribution in [0.25, 0.3) is 11.3 Å². The van der Waals surface area contributed by atoms with E-state index in [9.17, 15) is 9.50 Å². The molecule has 2 aromatic heterocycles. The van der Waals surface area contributed by atoms with E-state index in [2.05, 4.69) is 43.5 Å². The minimum atomic E-state index is -0.936. The molecule has 0 aromatic carbocycles. The van der Waals surface area contributed by atoms with Crippen molar-refractivity contribution in [1.82, 2.24) is 24.8 Å². The first-order valence-corrected chi connectivity index (χ1v) is 12.6. The number of halogens is 1. The Bertz CT molecular complexity index is 897. The summed E-state index contributed by atoms with van der Waals surface area (Å²) in [5.41, 5.74) is 2.83. The molecule has 9 heteroatoms. The van der Waals surface area contributed by atoms with Gasteiger partial charge in [0.2, 0.25) is 5.95 Å². The molecule has 2 aromatic rings. The van der Waals surface area contributed by atoms with Crippen LogP contribution in [0.4, 0.5) is 16.2 Å². The number of pyridine rings is 1. The van der Waals surface area contributed by atoms with Crippen molar-refractivity contribution < 1.29 is 9.50 Å². The number of aromatic nitrogens is 3. The predicted molar refractivity (Wildman–Crippen MR) is 134 cm³/mol. The molecule has 0 bridgehead atoms. The molecule has 2 aliphatic rings. The van der Waals surface area contributed by atoms with E-state index >= 15 is 0 Å². The molecule has 4 rings (SSSR count). The van der Waals surface area contributed by atoms with Gasteiger partial charge in [0, 0.05) is 57.7 Å². The van der Waals surface area contributed by atoms with Crippen molar-refractivity contribution in [2.75, 3.05) is 50.4 Å². The Labute approximate surface area is 202 Å². The summed E-state index contributed by atoms with van der Waals surface area (Å²) in [5, 5.41) is 16.4. The van der Waals surface area contributed by atoms with Crippen LogP contribution >= 0.6 is 0 Å². The lowest BCUT2D eigenvalue weighted by atomic mass is 9.93.